The van der Waals surface area contributed by atoms with Crippen LogP contribution in [0.4, 0.5) is 5.69 Å². The number of carbonyl (C=O) groups is 2. The van der Waals surface area contributed by atoms with Crippen LogP contribution in [0.5, 0.6) is 11.5 Å². The number of carboxylic acids is 1. The highest BCUT2D eigenvalue weighted by Crippen LogP contribution is 2.53. The molecule has 2 aromatic carbocycles. The zero-order chi connectivity index (χ0) is 24.7. The van der Waals surface area contributed by atoms with Gasteiger partial charge in [-0.1, -0.05) is 18.2 Å². The van der Waals surface area contributed by atoms with Crippen molar-refractivity contribution >= 4 is 17.6 Å². The number of carboxylic acid groups (broad SMARTS) is 1. The van der Waals surface area contributed by atoms with E-state index in [9.17, 15) is 19.8 Å². The van der Waals surface area contributed by atoms with Crippen molar-refractivity contribution in [3.8, 4) is 11.5 Å². The number of likely N-dealkylation sites (tertiary alicyclic amines) is 1. The van der Waals surface area contributed by atoms with Crippen LogP contribution in [0.3, 0.4) is 0 Å². The smallest absolute Gasteiger partial charge is 0.323 e. The van der Waals surface area contributed by atoms with Gasteiger partial charge in [-0.2, -0.15) is 0 Å². The molecule has 0 bridgehead atoms. The van der Waals surface area contributed by atoms with Gasteiger partial charge in [0.1, 0.15) is 23.6 Å². The van der Waals surface area contributed by atoms with Gasteiger partial charge in [0, 0.05) is 36.3 Å². The second kappa shape index (κ2) is 9.17. The molecule has 3 aliphatic heterocycles. The first-order valence-corrected chi connectivity index (χ1v) is 12.2. The molecule has 35 heavy (non-hydrogen) atoms. The summed E-state index contributed by atoms with van der Waals surface area (Å²) in [6, 6.07) is 14.2. The van der Waals surface area contributed by atoms with Gasteiger partial charge in [0.15, 0.2) is 0 Å². The van der Waals surface area contributed by atoms with E-state index in [1.807, 2.05) is 12.1 Å². The molecule has 0 spiro atoms. The number of benzene rings is 2. The van der Waals surface area contributed by atoms with E-state index in [1.54, 1.807) is 36.4 Å². The molecular formula is C27H32N2O6. The van der Waals surface area contributed by atoms with Crippen molar-refractivity contribution in [1.82, 2.24) is 4.90 Å². The molecule has 0 saturated carbocycles. The molecule has 2 aromatic rings. The van der Waals surface area contributed by atoms with Crippen LogP contribution in [-0.2, 0) is 14.3 Å². The highest BCUT2D eigenvalue weighted by atomic mass is 16.5. The number of hydrogen-bond donors (Lipinski definition) is 2. The van der Waals surface area contributed by atoms with Crippen LogP contribution in [0.15, 0.2) is 48.5 Å². The fourth-order valence-corrected chi connectivity index (χ4v) is 5.86. The summed E-state index contributed by atoms with van der Waals surface area (Å²) >= 11 is 0. The number of hydrogen-bond acceptors (Lipinski definition) is 6. The predicted molar refractivity (Wildman–Crippen MR) is 130 cm³/mol. The Morgan fingerprint density at radius 1 is 1.17 bits per heavy atom. The van der Waals surface area contributed by atoms with Gasteiger partial charge in [0.05, 0.1) is 18.8 Å². The van der Waals surface area contributed by atoms with E-state index in [4.69, 9.17) is 9.47 Å². The number of amides is 1. The number of aromatic hydroxyl groups is 1. The van der Waals surface area contributed by atoms with Crippen molar-refractivity contribution in [3.05, 3.63) is 54.1 Å². The highest BCUT2D eigenvalue weighted by Gasteiger charge is 2.51. The second-order valence-electron chi connectivity index (χ2n) is 10.4. The fourth-order valence-electron chi connectivity index (χ4n) is 5.86. The minimum Gasteiger partial charge on any atom is -0.508 e. The molecule has 186 valence electrons. The van der Waals surface area contributed by atoms with E-state index in [0.29, 0.717) is 24.5 Å². The van der Waals surface area contributed by atoms with Crippen LogP contribution in [-0.4, -0.2) is 64.9 Å². The van der Waals surface area contributed by atoms with E-state index in [2.05, 4.69) is 18.7 Å². The Balaban J connectivity index is 1.29. The molecule has 0 aliphatic carbocycles. The molecule has 8 heteroatoms. The van der Waals surface area contributed by atoms with Gasteiger partial charge < -0.3 is 24.6 Å². The van der Waals surface area contributed by atoms with Crippen LogP contribution in [0, 0.1) is 11.8 Å². The van der Waals surface area contributed by atoms with Crippen molar-refractivity contribution in [1.29, 1.82) is 0 Å². The average Bonchev–Trinajstić information content (AvgIpc) is 2.81. The summed E-state index contributed by atoms with van der Waals surface area (Å²) < 4.78 is 12.9. The summed E-state index contributed by atoms with van der Waals surface area (Å²) in [7, 11) is 0. The lowest BCUT2D eigenvalue weighted by atomic mass is 9.70. The lowest BCUT2D eigenvalue weighted by Gasteiger charge is -2.53. The maximum atomic E-state index is 13.2. The summed E-state index contributed by atoms with van der Waals surface area (Å²) in [6.07, 6.45) is 1.71. The second-order valence-corrected chi connectivity index (χ2v) is 10.4. The van der Waals surface area contributed by atoms with Crippen LogP contribution < -0.4 is 9.64 Å². The molecule has 8 nitrogen and oxygen atoms in total. The maximum Gasteiger partial charge on any atom is 0.323 e. The van der Waals surface area contributed by atoms with Gasteiger partial charge in [0.2, 0.25) is 5.91 Å². The molecule has 3 aliphatic rings. The number of ether oxygens (including phenoxy) is 2. The molecule has 0 aromatic heterocycles. The number of aliphatic carboxylic acids is 1. The van der Waals surface area contributed by atoms with E-state index in [1.165, 1.54) is 4.90 Å². The Morgan fingerprint density at radius 3 is 2.69 bits per heavy atom. The zero-order valence-corrected chi connectivity index (χ0v) is 20.1. The van der Waals surface area contributed by atoms with Crippen molar-refractivity contribution in [2.45, 2.75) is 44.5 Å². The van der Waals surface area contributed by atoms with Crippen molar-refractivity contribution in [2.24, 2.45) is 11.8 Å². The number of para-hydroxylation sites is 1. The summed E-state index contributed by atoms with van der Waals surface area (Å²) in [5.41, 5.74) is 1.11. The molecule has 3 heterocycles. The quantitative estimate of drug-likeness (QED) is 0.676. The van der Waals surface area contributed by atoms with Crippen LogP contribution in [0.1, 0.15) is 38.4 Å². The Bertz CT molecular complexity index is 1100. The Hall–Kier alpha value is -3.10. The van der Waals surface area contributed by atoms with Gasteiger partial charge in [-0.05, 0) is 56.9 Å². The van der Waals surface area contributed by atoms with Gasteiger partial charge in [0.25, 0.3) is 0 Å². The molecule has 2 N–H and O–H groups in total. The molecule has 0 radical (unpaired) electrons. The topological polar surface area (TPSA) is 99.5 Å². The minimum atomic E-state index is -1.04. The van der Waals surface area contributed by atoms with Crippen molar-refractivity contribution < 1.29 is 29.3 Å². The van der Waals surface area contributed by atoms with E-state index in [0.717, 1.165) is 18.4 Å². The maximum absolute atomic E-state index is 13.2. The number of anilines is 1. The van der Waals surface area contributed by atoms with E-state index in [-0.39, 0.29) is 48.8 Å². The van der Waals surface area contributed by atoms with Gasteiger partial charge >= 0.3 is 5.97 Å². The monoisotopic (exact) mass is 480 g/mol. The number of piperidine rings is 1. The lowest BCUT2D eigenvalue weighted by Crippen LogP contribution is -2.56. The summed E-state index contributed by atoms with van der Waals surface area (Å²) in [6.45, 7) is 5.36. The molecular weight excluding hydrogens is 448 g/mol. The Kier molecular flexibility index (Phi) is 6.19. The fraction of sp³-hybridized carbons (Fsp3) is 0.481. The number of carbonyl (C=O) groups excluding carboxylic acids is 1. The normalized spacial score (nSPS) is 27.0. The number of phenolic OH excluding ortho intramolecular Hbond substituents is 1. The first kappa shape index (κ1) is 23.6. The van der Waals surface area contributed by atoms with Gasteiger partial charge in [-0.25, -0.2) is 0 Å². The highest BCUT2D eigenvalue weighted by molar-refractivity contribution is 5.98. The summed E-state index contributed by atoms with van der Waals surface area (Å²) in [5, 5.41) is 19.3. The first-order valence-electron chi connectivity index (χ1n) is 12.2. The Labute approximate surface area is 205 Å². The van der Waals surface area contributed by atoms with Gasteiger partial charge in [-0.15, -0.1) is 0 Å². The molecule has 5 rings (SSSR count). The molecule has 1 amide bonds. The number of rotatable bonds is 5. The molecule has 2 fully saturated rings. The van der Waals surface area contributed by atoms with E-state index < -0.39 is 11.6 Å². The third-order valence-electron chi connectivity index (χ3n) is 7.58. The molecule has 4 atom stereocenters. The summed E-state index contributed by atoms with van der Waals surface area (Å²) in [5.74, 6) is -0.00924. The summed E-state index contributed by atoms with van der Waals surface area (Å²) in [4.78, 5) is 28.0. The number of phenols is 1. The van der Waals surface area contributed by atoms with Crippen LogP contribution >= 0.6 is 0 Å². The third-order valence-corrected chi connectivity index (χ3v) is 7.58. The van der Waals surface area contributed by atoms with E-state index >= 15 is 0 Å². The molecule has 0 unspecified atom stereocenters. The van der Waals surface area contributed by atoms with Crippen LogP contribution in [0.2, 0.25) is 0 Å². The number of fused-ring (bicyclic) bond motifs is 4. The lowest BCUT2D eigenvalue weighted by molar-refractivity contribution is -0.187. The average molecular weight is 481 g/mol. The molecule has 2 saturated heterocycles. The third kappa shape index (κ3) is 4.73. The minimum absolute atomic E-state index is 0.0856. The largest absolute Gasteiger partial charge is 0.508 e. The Morgan fingerprint density at radius 2 is 1.94 bits per heavy atom. The predicted octanol–water partition coefficient (Wildman–Crippen LogP) is 3.45. The zero-order valence-electron chi connectivity index (χ0n) is 20.1. The SMILES string of the molecule is CC1(C)Oc2cc(O)ccc2[C@H]2O[C@H]3CCN(CC(=O)N(CC(=O)O)c4ccccc4)C[C@@H]3C[C@@H]21. The number of nitrogens with zero attached hydrogens (tertiary/aromatic N) is 2. The van der Waals surface area contributed by atoms with Crippen LogP contribution in [0.25, 0.3) is 0 Å². The van der Waals surface area contributed by atoms with Gasteiger partial charge in [-0.3, -0.25) is 14.5 Å². The van der Waals surface area contributed by atoms with Crippen molar-refractivity contribution in [2.75, 3.05) is 31.1 Å². The van der Waals surface area contributed by atoms with Crippen molar-refractivity contribution in [3.63, 3.8) is 0 Å². The first-order chi connectivity index (χ1) is 16.7. The standard InChI is InChI=1S/C27H32N2O6/c1-27(2)21-12-17-14-28(15-24(31)29(16-25(32)33)18-6-4-3-5-7-18)11-10-22(17)34-26(21)20-9-8-19(30)13-23(20)35-27/h3-9,13,17,21-22,26,30H,10-12,14-16H2,1-2H3,(H,32,33)/t17-,21-,22-,26+/m0/s1.